The van der Waals surface area contributed by atoms with E-state index in [1.54, 1.807) is 25.3 Å². The van der Waals surface area contributed by atoms with Gasteiger partial charge in [0.05, 0.1) is 11.4 Å². The van der Waals surface area contributed by atoms with E-state index < -0.39 is 5.95 Å². The summed E-state index contributed by atoms with van der Waals surface area (Å²) < 4.78 is 34.3. The molecule has 0 radical (unpaired) electrons. The lowest BCUT2D eigenvalue weighted by atomic mass is 10.1. The third-order valence-corrected chi connectivity index (χ3v) is 4.64. The fraction of sp³-hybridized carbons (Fsp3) is 0.263. The fourth-order valence-electron chi connectivity index (χ4n) is 2.81. The molecular weight excluding hydrogens is 356 g/mol. The van der Waals surface area contributed by atoms with Gasteiger partial charge < -0.3 is 9.30 Å². The molecule has 0 aliphatic heterocycles. The highest BCUT2D eigenvalue weighted by Crippen LogP contribution is 2.35. The third-order valence-electron chi connectivity index (χ3n) is 3.96. The Balaban J connectivity index is 2.17. The number of methoxy groups -OCH3 is 1. The highest BCUT2D eigenvalue weighted by Gasteiger charge is 2.20. The van der Waals surface area contributed by atoms with Crippen LogP contribution in [-0.2, 0) is 11.3 Å². The van der Waals surface area contributed by atoms with Crippen molar-refractivity contribution in [3.8, 4) is 22.5 Å². The second kappa shape index (κ2) is 8.42. The van der Waals surface area contributed by atoms with E-state index in [2.05, 4.69) is 9.55 Å². The van der Waals surface area contributed by atoms with Crippen LogP contribution in [0.25, 0.3) is 22.5 Å². The van der Waals surface area contributed by atoms with Crippen LogP contribution < -0.4 is 0 Å². The summed E-state index contributed by atoms with van der Waals surface area (Å²) >= 11 is 1.51. The Hall–Kier alpha value is -2.25. The van der Waals surface area contributed by atoms with Crippen molar-refractivity contribution in [2.45, 2.75) is 18.1 Å². The molecule has 0 fully saturated rings. The quantitative estimate of drug-likeness (QED) is 0.342. The first-order chi connectivity index (χ1) is 12.6. The van der Waals surface area contributed by atoms with Gasteiger partial charge in [0.2, 0.25) is 5.95 Å². The van der Waals surface area contributed by atoms with Gasteiger partial charge in [-0.2, -0.15) is 4.39 Å². The lowest BCUT2D eigenvalue weighted by Gasteiger charge is -2.12. The molecule has 0 bridgehead atoms. The molecule has 2 aromatic heterocycles. The Morgan fingerprint density at radius 2 is 1.88 bits per heavy atom. The average molecular weight is 375 g/mol. The number of nitrogens with zero attached hydrogens (tertiary/aromatic N) is 3. The van der Waals surface area contributed by atoms with E-state index in [-0.39, 0.29) is 5.82 Å². The Bertz CT molecular complexity index is 881. The van der Waals surface area contributed by atoms with Gasteiger partial charge in [0, 0.05) is 43.7 Å². The average Bonchev–Trinajstić information content (AvgIpc) is 3.01. The van der Waals surface area contributed by atoms with E-state index >= 15 is 0 Å². The first kappa shape index (κ1) is 18.5. The molecule has 0 amide bonds. The smallest absolute Gasteiger partial charge is 0.213 e. The first-order valence-electron chi connectivity index (χ1n) is 8.15. The van der Waals surface area contributed by atoms with Crippen molar-refractivity contribution < 1.29 is 13.5 Å². The summed E-state index contributed by atoms with van der Waals surface area (Å²) in [6, 6.07) is 9.31. The molecule has 0 aliphatic rings. The van der Waals surface area contributed by atoms with Crippen LogP contribution in [0.4, 0.5) is 8.78 Å². The van der Waals surface area contributed by atoms with E-state index in [1.807, 2.05) is 6.26 Å². The van der Waals surface area contributed by atoms with Crippen LogP contribution >= 0.6 is 11.8 Å². The minimum Gasteiger partial charge on any atom is -0.385 e. The van der Waals surface area contributed by atoms with Gasteiger partial charge in [-0.05, 0) is 43.0 Å². The maximum atomic E-state index is 13.8. The van der Waals surface area contributed by atoms with Crippen molar-refractivity contribution >= 4 is 11.8 Å². The number of hydrogen-bond acceptors (Lipinski definition) is 4. The van der Waals surface area contributed by atoms with Gasteiger partial charge in [-0.15, -0.1) is 0 Å². The van der Waals surface area contributed by atoms with E-state index in [0.717, 1.165) is 22.8 Å². The topological polar surface area (TPSA) is 39.9 Å². The van der Waals surface area contributed by atoms with E-state index in [4.69, 9.17) is 9.72 Å². The zero-order chi connectivity index (χ0) is 18.5. The van der Waals surface area contributed by atoms with Crippen LogP contribution in [0.5, 0.6) is 0 Å². The van der Waals surface area contributed by atoms with Crippen molar-refractivity contribution in [3.05, 3.63) is 54.4 Å². The van der Waals surface area contributed by atoms with Crippen LogP contribution in [-0.4, -0.2) is 34.5 Å². The Labute approximate surface area is 155 Å². The molecule has 1 aromatic carbocycles. The van der Waals surface area contributed by atoms with Crippen LogP contribution in [0.1, 0.15) is 6.42 Å². The number of thioether (sulfide) groups is 1. The summed E-state index contributed by atoms with van der Waals surface area (Å²) in [6.45, 7) is 1.29. The fourth-order valence-corrected chi connectivity index (χ4v) is 3.40. The van der Waals surface area contributed by atoms with Crippen LogP contribution in [0.2, 0.25) is 0 Å². The van der Waals surface area contributed by atoms with Crippen molar-refractivity contribution in [2.75, 3.05) is 20.0 Å². The molecule has 136 valence electrons. The Morgan fingerprint density at radius 1 is 1.12 bits per heavy atom. The summed E-state index contributed by atoms with van der Waals surface area (Å²) in [5.41, 5.74) is 2.94. The summed E-state index contributed by atoms with van der Waals surface area (Å²) in [7, 11) is 1.66. The van der Waals surface area contributed by atoms with E-state index in [1.165, 1.54) is 36.2 Å². The number of imidazole rings is 1. The molecule has 0 atom stereocenters. The summed E-state index contributed by atoms with van der Waals surface area (Å²) in [4.78, 5) is 8.37. The minimum absolute atomic E-state index is 0.310. The lowest BCUT2D eigenvalue weighted by Crippen LogP contribution is -2.05. The normalized spacial score (nSPS) is 11.1. The molecule has 3 aromatic rings. The summed E-state index contributed by atoms with van der Waals surface area (Å²) in [6.07, 6.45) is 4.18. The minimum atomic E-state index is -0.553. The summed E-state index contributed by atoms with van der Waals surface area (Å²) in [5, 5.41) is 0.813. The van der Waals surface area contributed by atoms with E-state index in [9.17, 15) is 8.78 Å². The zero-order valence-corrected chi connectivity index (χ0v) is 15.4. The number of hydrogen-bond donors (Lipinski definition) is 0. The van der Waals surface area contributed by atoms with Crippen LogP contribution in [0.3, 0.4) is 0 Å². The molecular formula is C19H19F2N3OS. The predicted molar refractivity (Wildman–Crippen MR) is 99.1 cm³/mol. The molecule has 2 heterocycles. The Morgan fingerprint density at radius 3 is 2.54 bits per heavy atom. The maximum Gasteiger partial charge on any atom is 0.213 e. The lowest BCUT2D eigenvalue weighted by molar-refractivity contribution is 0.189. The molecule has 0 aliphatic carbocycles. The SMILES string of the molecule is COCCCn1c(SC)nc(-c2ccc(F)cc2)c1-c1ccnc(F)c1. The molecule has 0 unspecified atom stereocenters. The molecule has 26 heavy (non-hydrogen) atoms. The van der Waals surface area contributed by atoms with Gasteiger partial charge >= 0.3 is 0 Å². The van der Waals surface area contributed by atoms with Crippen molar-refractivity contribution in [1.29, 1.82) is 0 Å². The van der Waals surface area contributed by atoms with Gasteiger partial charge in [0.15, 0.2) is 5.16 Å². The number of pyridine rings is 1. The zero-order valence-electron chi connectivity index (χ0n) is 14.6. The monoisotopic (exact) mass is 375 g/mol. The molecule has 0 spiro atoms. The van der Waals surface area contributed by atoms with Gasteiger partial charge in [-0.3, -0.25) is 0 Å². The second-order valence-electron chi connectivity index (χ2n) is 5.67. The van der Waals surface area contributed by atoms with Crippen LogP contribution in [0, 0.1) is 11.8 Å². The van der Waals surface area contributed by atoms with Crippen molar-refractivity contribution in [2.24, 2.45) is 0 Å². The van der Waals surface area contributed by atoms with Gasteiger partial charge in [0.25, 0.3) is 0 Å². The highest BCUT2D eigenvalue weighted by atomic mass is 32.2. The van der Waals surface area contributed by atoms with E-state index in [0.29, 0.717) is 24.4 Å². The van der Waals surface area contributed by atoms with Gasteiger partial charge in [0.1, 0.15) is 5.82 Å². The molecule has 0 saturated heterocycles. The standard InChI is InChI=1S/C19H19F2N3OS/c1-25-11-3-10-24-18(14-8-9-22-16(21)12-14)17(23-19(24)26-2)13-4-6-15(20)7-5-13/h4-9,12H,3,10-11H2,1-2H3. The second-order valence-corrected chi connectivity index (χ2v) is 6.44. The van der Waals surface area contributed by atoms with Gasteiger partial charge in [-0.1, -0.05) is 11.8 Å². The van der Waals surface area contributed by atoms with Crippen molar-refractivity contribution in [3.63, 3.8) is 0 Å². The maximum absolute atomic E-state index is 13.8. The number of aromatic nitrogens is 3. The molecule has 3 rings (SSSR count). The molecule has 0 N–H and O–H groups in total. The predicted octanol–water partition coefficient (Wildman–Crippen LogP) is 4.65. The van der Waals surface area contributed by atoms with Crippen molar-refractivity contribution in [1.82, 2.24) is 14.5 Å². The van der Waals surface area contributed by atoms with Gasteiger partial charge in [-0.25, -0.2) is 14.4 Å². The Kier molecular flexibility index (Phi) is 6.00. The number of halogens is 2. The number of ether oxygens (including phenoxy) is 1. The molecule has 7 heteroatoms. The molecule has 4 nitrogen and oxygen atoms in total. The first-order valence-corrected chi connectivity index (χ1v) is 9.38. The number of benzene rings is 1. The third kappa shape index (κ3) is 3.94. The largest absolute Gasteiger partial charge is 0.385 e. The summed E-state index contributed by atoms with van der Waals surface area (Å²) in [5.74, 6) is -0.863. The number of rotatable bonds is 7. The van der Waals surface area contributed by atoms with Crippen LogP contribution in [0.15, 0.2) is 47.8 Å². The molecule has 0 saturated carbocycles. The highest BCUT2D eigenvalue weighted by molar-refractivity contribution is 7.98.